The molecule has 1 saturated heterocycles. The molecule has 1 N–H and O–H groups in total. The van der Waals surface area contributed by atoms with Crippen molar-refractivity contribution in [2.75, 3.05) is 13.1 Å². The largest absolute Gasteiger partial charge is 0.416 e. The summed E-state index contributed by atoms with van der Waals surface area (Å²) in [4.78, 5) is 27.2. The molecule has 0 unspecified atom stereocenters. The Bertz CT molecular complexity index is 1170. The maximum atomic E-state index is 13.4. The van der Waals surface area contributed by atoms with Gasteiger partial charge in [-0.3, -0.25) is 9.59 Å². The van der Waals surface area contributed by atoms with E-state index in [0.29, 0.717) is 25.7 Å². The molecule has 2 fully saturated rings. The predicted octanol–water partition coefficient (Wildman–Crippen LogP) is 6.00. The van der Waals surface area contributed by atoms with Gasteiger partial charge in [-0.25, -0.2) is 13.1 Å². The lowest BCUT2D eigenvalue weighted by atomic mass is 9.86. The van der Waals surface area contributed by atoms with E-state index in [4.69, 9.17) is 0 Å². The summed E-state index contributed by atoms with van der Waals surface area (Å²) < 4.78 is 66.4. The van der Waals surface area contributed by atoms with Crippen LogP contribution in [0.25, 0.3) is 0 Å². The Morgan fingerprint density at radius 1 is 0.838 bits per heavy atom. The van der Waals surface area contributed by atoms with Gasteiger partial charge < -0.3 is 4.90 Å². The number of nitrogens with one attached hydrogen (secondary N) is 1. The topological polar surface area (TPSA) is 83.5 Å². The molecular weight excluding hydrogens is 505 g/mol. The van der Waals surface area contributed by atoms with Crippen LogP contribution in [0.15, 0.2) is 48.5 Å². The number of likely N-dealkylation sites (tertiary alicyclic amines) is 1. The zero-order valence-corrected chi connectivity index (χ0v) is 22.5. The molecule has 1 aliphatic carbocycles. The average Bonchev–Trinajstić information content (AvgIpc) is 3.77. The van der Waals surface area contributed by atoms with E-state index < -0.39 is 38.8 Å². The molecule has 0 spiro atoms. The third kappa shape index (κ3) is 7.56. The number of nitrogens with zero attached hydrogens (tertiary/aromatic N) is 1. The third-order valence-electron chi connectivity index (χ3n) is 6.09. The van der Waals surface area contributed by atoms with Crippen molar-refractivity contribution in [3.05, 3.63) is 70.8 Å². The standard InChI is InChI=1S/C23H23F3N2O4S.2C2H6/c24-23(25,26)20-8-4-3-5-17(20)15-11-13-28(14-12-15)22(30)19-7-2-1-6-18(19)21(29)27-33(31,32)16-9-10-16;2*1-2/h1-8,15-16H,9-14H2,(H,27,29);2*1-2H3. The smallest absolute Gasteiger partial charge is 0.339 e. The van der Waals surface area contributed by atoms with Crippen LogP contribution in [0.2, 0.25) is 0 Å². The van der Waals surface area contributed by atoms with Crippen molar-refractivity contribution in [3.63, 3.8) is 0 Å². The van der Waals surface area contributed by atoms with Gasteiger partial charge >= 0.3 is 6.18 Å². The van der Waals surface area contributed by atoms with Crippen LogP contribution in [0.1, 0.15) is 91.1 Å². The van der Waals surface area contributed by atoms with Crippen molar-refractivity contribution in [2.24, 2.45) is 0 Å². The van der Waals surface area contributed by atoms with Crippen LogP contribution in [0.3, 0.4) is 0 Å². The predicted molar refractivity (Wildman–Crippen MR) is 138 cm³/mol. The fourth-order valence-electron chi connectivity index (χ4n) is 4.19. The minimum atomic E-state index is -4.45. The van der Waals surface area contributed by atoms with E-state index in [1.54, 1.807) is 12.1 Å². The summed E-state index contributed by atoms with van der Waals surface area (Å²) in [6.45, 7) is 8.46. The molecule has 4 rings (SSSR count). The Hall–Kier alpha value is -2.88. The number of rotatable bonds is 5. The molecule has 2 aromatic rings. The Balaban J connectivity index is 0.00000115. The van der Waals surface area contributed by atoms with Crippen LogP contribution in [0.4, 0.5) is 13.2 Å². The fourth-order valence-corrected chi connectivity index (χ4v) is 5.48. The van der Waals surface area contributed by atoms with Crippen molar-refractivity contribution in [1.82, 2.24) is 9.62 Å². The number of amides is 2. The number of hydrogen-bond acceptors (Lipinski definition) is 4. The maximum Gasteiger partial charge on any atom is 0.416 e. The lowest BCUT2D eigenvalue weighted by molar-refractivity contribution is -0.138. The summed E-state index contributed by atoms with van der Waals surface area (Å²) in [5.74, 6) is -1.65. The van der Waals surface area contributed by atoms with Gasteiger partial charge in [0.05, 0.1) is 21.9 Å². The summed E-state index contributed by atoms with van der Waals surface area (Å²) in [6.07, 6.45) is -2.76. The third-order valence-corrected chi connectivity index (χ3v) is 7.91. The van der Waals surface area contributed by atoms with E-state index in [1.807, 2.05) is 32.4 Å². The number of carbonyl (C=O) groups is 2. The first-order valence-corrected chi connectivity index (χ1v) is 14.2. The van der Waals surface area contributed by atoms with Crippen LogP contribution in [0.5, 0.6) is 0 Å². The lowest BCUT2D eigenvalue weighted by Gasteiger charge is -2.33. The van der Waals surface area contributed by atoms with Gasteiger partial charge in [-0.05, 0) is 55.4 Å². The molecule has 2 aromatic carbocycles. The first-order chi connectivity index (χ1) is 17.6. The first kappa shape index (κ1) is 30.3. The molecule has 10 heteroatoms. The molecule has 0 aromatic heterocycles. The lowest BCUT2D eigenvalue weighted by Crippen LogP contribution is -2.40. The zero-order valence-electron chi connectivity index (χ0n) is 21.6. The Morgan fingerprint density at radius 3 is 1.89 bits per heavy atom. The summed E-state index contributed by atoms with van der Waals surface area (Å²) in [6, 6.07) is 11.4. The monoisotopic (exact) mass is 540 g/mol. The molecular formula is C27H35F3N2O4S. The molecule has 0 atom stereocenters. The van der Waals surface area contributed by atoms with Gasteiger partial charge in [-0.2, -0.15) is 13.2 Å². The minimum absolute atomic E-state index is 0.0451. The fraction of sp³-hybridized carbons (Fsp3) is 0.481. The van der Waals surface area contributed by atoms with E-state index in [2.05, 4.69) is 0 Å². The SMILES string of the molecule is CC.CC.O=C(NS(=O)(=O)C1CC1)c1ccccc1C(=O)N1CCC(c2ccccc2C(F)(F)F)CC1. The number of carbonyl (C=O) groups excluding carboxylic acids is 2. The Morgan fingerprint density at radius 2 is 1.35 bits per heavy atom. The maximum absolute atomic E-state index is 13.4. The summed E-state index contributed by atoms with van der Waals surface area (Å²) in [7, 11) is -3.77. The van der Waals surface area contributed by atoms with Crippen molar-refractivity contribution in [3.8, 4) is 0 Å². The van der Waals surface area contributed by atoms with Crippen molar-refractivity contribution < 1.29 is 31.2 Å². The van der Waals surface area contributed by atoms with E-state index in [9.17, 15) is 31.2 Å². The summed E-state index contributed by atoms with van der Waals surface area (Å²) >= 11 is 0. The van der Waals surface area contributed by atoms with Gasteiger partial charge in [0.15, 0.2) is 0 Å². The van der Waals surface area contributed by atoms with E-state index in [1.165, 1.54) is 35.2 Å². The quantitative estimate of drug-likeness (QED) is 0.504. The van der Waals surface area contributed by atoms with Gasteiger partial charge in [0.2, 0.25) is 10.0 Å². The Labute approximate surface area is 217 Å². The van der Waals surface area contributed by atoms with Crippen LogP contribution >= 0.6 is 0 Å². The van der Waals surface area contributed by atoms with Crippen molar-refractivity contribution in [1.29, 1.82) is 0 Å². The van der Waals surface area contributed by atoms with Gasteiger partial charge in [0.1, 0.15) is 0 Å². The highest BCUT2D eigenvalue weighted by Gasteiger charge is 2.38. The van der Waals surface area contributed by atoms with Crippen LogP contribution in [-0.4, -0.2) is 43.5 Å². The highest BCUT2D eigenvalue weighted by atomic mass is 32.2. The van der Waals surface area contributed by atoms with Gasteiger partial charge in [0.25, 0.3) is 11.8 Å². The second kappa shape index (κ2) is 13.1. The molecule has 6 nitrogen and oxygen atoms in total. The first-order valence-electron chi connectivity index (χ1n) is 12.7. The number of benzene rings is 2. The molecule has 37 heavy (non-hydrogen) atoms. The van der Waals surface area contributed by atoms with E-state index in [0.717, 1.165) is 6.07 Å². The second-order valence-electron chi connectivity index (χ2n) is 8.37. The summed E-state index contributed by atoms with van der Waals surface area (Å²) in [5, 5.41) is -0.581. The number of hydrogen-bond donors (Lipinski definition) is 1. The van der Waals surface area contributed by atoms with E-state index >= 15 is 0 Å². The highest BCUT2D eigenvalue weighted by Crippen LogP contribution is 2.38. The Kier molecular flexibility index (Phi) is 10.7. The van der Waals surface area contributed by atoms with Crippen molar-refractivity contribution >= 4 is 21.8 Å². The highest BCUT2D eigenvalue weighted by molar-refractivity contribution is 7.91. The molecule has 1 saturated carbocycles. The molecule has 1 heterocycles. The number of sulfonamides is 1. The molecule has 2 aliphatic rings. The number of alkyl halides is 3. The number of halogens is 3. The average molecular weight is 541 g/mol. The second-order valence-corrected chi connectivity index (χ2v) is 10.3. The van der Waals surface area contributed by atoms with Crippen LogP contribution < -0.4 is 4.72 Å². The van der Waals surface area contributed by atoms with E-state index in [-0.39, 0.29) is 35.7 Å². The van der Waals surface area contributed by atoms with Gasteiger partial charge in [-0.1, -0.05) is 58.0 Å². The molecule has 2 amide bonds. The van der Waals surface area contributed by atoms with Crippen LogP contribution in [0, 0.1) is 0 Å². The molecule has 0 radical (unpaired) electrons. The van der Waals surface area contributed by atoms with Crippen molar-refractivity contribution in [2.45, 2.75) is 70.7 Å². The molecule has 1 aliphatic heterocycles. The molecule has 0 bridgehead atoms. The van der Waals surface area contributed by atoms with Gasteiger partial charge in [-0.15, -0.1) is 0 Å². The normalized spacial score (nSPS) is 16.0. The zero-order chi connectivity index (χ0) is 27.8. The minimum Gasteiger partial charge on any atom is -0.339 e. The van der Waals surface area contributed by atoms with Gasteiger partial charge in [0, 0.05) is 13.1 Å². The van der Waals surface area contributed by atoms with Crippen LogP contribution in [-0.2, 0) is 16.2 Å². The summed E-state index contributed by atoms with van der Waals surface area (Å²) in [5.41, 5.74) is -0.415. The molecule has 204 valence electrons. The number of piperidine rings is 1.